The normalized spacial score (nSPS) is 13.5. The number of anilines is 2. The molecule has 3 nitrogen and oxygen atoms in total. The number of hydrogen-bond donors (Lipinski definition) is 1. The van der Waals surface area contributed by atoms with Gasteiger partial charge in [-0.05, 0) is 61.2 Å². The highest BCUT2D eigenvalue weighted by molar-refractivity contribution is 5.85. The van der Waals surface area contributed by atoms with Gasteiger partial charge in [0.25, 0.3) is 0 Å². The fraction of sp³-hybridized carbons (Fsp3) is 0.250. The molecule has 2 aromatic carbocycles. The number of pyridine rings is 1. The summed E-state index contributed by atoms with van der Waals surface area (Å²) in [5, 5.41) is 1.21. The predicted molar refractivity (Wildman–Crippen MR) is 104 cm³/mol. The van der Waals surface area contributed by atoms with E-state index in [1.54, 1.807) is 0 Å². The van der Waals surface area contributed by atoms with Gasteiger partial charge in [0.2, 0.25) is 0 Å². The van der Waals surface area contributed by atoms with E-state index >= 15 is 0 Å². The van der Waals surface area contributed by atoms with Crippen molar-refractivity contribution in [1.82, 2.24) is 4.98 Å². The van der Waals surface area contributed by atoms with Gasteiger partial charge in [0.15, 0.2) is 0 Å². The van der Waals surface area contributed by atoms with Crippen molar-refractivity contribution < 1.29 is 0 Å². The summed E-state index contributed by atoms with van der Waals surface area (Å²) in [6.07, 6.45) is 2.25. The number of nitrogens with zero attached hydrogens (tertiary/aromatic N) is 2. The first-order chi connectivity index (χ1) is 11.2. The molecule has 0 fully saturated rings. The first kappa shape index (κ1) is 16.6. The molecular formula is C20H22ClN3. The van der Waals surface area contributed by atoms with Gasteiger partial charge in [-0.1, -0.05) is 18.2 Å². The van der Waals surface area contributed by atoms with E-state index in [1.807, 2.05) is 13.0 Å². The molecule has 0 unspecified atom stereocenters. The van der Waals surface area contributed by atoms with Crippen molar-refractivity contribution in [2.24, 2.45) is 0 Å². The summed E-state index contributed by atoms with van der Waals surface area (Å²) in [4.78, 5) is 7.02. The van der Waals surface area contributed by atoms with Gasteiger partial charge in [-0.25, -0.2) is 0 Å². The Kier molecular flexibility index (Phi) is 4.63. The Morgan fingerprint density at radius 2 is 2.00 bits per heavy atom. The number of aryl methyl sites for hydroxylation is 1. The van der Waals surface area contributed by atoms with Crippen LogP contribution in [0.5, 0.6) is 0 Å². The standard InChI is InChI=1S/C20H21N3.ClH/c1-14-7-9-16-12-15(8-10-19(16)22-14)13-23-11-3-4-17-18(21)5-2-6-20(17)23;/h2,5-10,12H,3-4,11,13,21H2,1H3;1H. The lowest BCUT2D eigenvalue weighted by Gasteiger charge is -2.32. The zero-order valence-corrected chi connectivity index (χ0v) is 14.6. The van der Waals surface area contributed by atoms with Crippen molar-refractivity contribution >= 4 is 34.7 Å². The van der Waals surface area contributed by atoms with E-state index in [-0.39, 0.29) is 12.4 Å². The van der Waals surface area contributed by atoms with Crippen molar-refractivity contribution in [2.45, 2.75) is 26.3 Å². The quantitative estimate of drug-likeness (QED) is 0.699. The van der Waals surface area contributed by atoms with Crippen LogP contribution in [0.1, 0.15) is 23.2 Å². The number of benzene rings is 2. The molecule has 4 rings (SSSR count). The topological polar surface area (TPSA) is 42.1 Å². The smallest absolute Gasteiger partial charge is 0.0705 e. The third-order valence-corrected chi connectivity index (χ3v) is 4.65. The molecule has 4 heteroatoms. The summed E-state index contributed by atoms with van der Waals surface area (Å²) in [7, 11) is 0. The lowest BCUT2D eigenvalue weighted by Crippen LogP contribution is -2.29. The monoisotopic (exact) mass is 339 g/mol. The molecule has 0 aliphatic carbocycles. The van der Waals surface area contributed by atoms with Gasteiger partial charge in [0.05, 0.1) is 5.52 Å². The molecule has 0 bridgehead atoms. The molecule has 24 heavy (non-hydrogen) atoms. The first-order valence-electron chi connectivity index (χ1n) is 8.19. The molecule has 0 saturated heterocycles. The minimum absolute atomic E-state index is 0. The van der Waals surface area contributed by atoms with Gasteiger partial charge in [0, 0.05) is 35.5 Å². The molecule has 3 aromatic rings. The third kappa shape index (κ3) is 3.04. The molecule has 0 amide bonds. The number of nitrogens with two attached hydrogens (primary N) is 1. The maximum Gasteiger partial charge on any atom is 0.0705 e. The molecule has 0 atom stereocenters. The average Bonchev–Trinajstić information content (AvgIpc) is 2.56. The maximum atomic E-state index is 6.15. The van der Waals surface area contributed by atoms with Crippen LogP contribution in [0.4, 0.5) is 11.4 Å². The van der Waals surface area contributed by atoms with Crippen LogP contribution >= 0.6 is 12.4 Å². The van der Waals surface area contributed by atoms with Crippen molar-refractivity contribution in [1.29, 1.82) is 0 Å². The Labute approximate surface area is 148 Å². The fourth-order valence-corrected chi connectivity index (χ4v) is 3.49. The molecule has 124 valence electrons. The van der Waals surface area contributed by atoms with Crippen LogP contribution in [0, 0.1) is 6.92 Å². The van der Waals surface area contributed by atoms with Crippen molar-refractivity contribution in [3.63, 3.8) is 0 Å². The van der Waals surface area contributed by atoms with E-state index in [9.17, 15) is 0 Å². The first-order valence-corrected chi connectivity index (χ1v) is 8.19. The third-order valence-electron chi connectivity index (χ3n) is 4.65. The summed E-state index contributed by atoms with van der Waals surface area (Å²) in [5.41, 5.74) is 13.1. The second kappa shape index (κ2) is 6.70. The van der Waals surface area contributed by atoms with Gasteiger partial charge < -0.3 is 10.6 Å². The lowest BCUT2D eigenvalue weighted by atomic mass is 9.99. The van der Waals surface area contributed by atoms with Crippen LogP contribution in [0.2, 0.25) is 0 Å². The highest BCUT2D eigenvalue weighted by Crippen LogP contribution is 2.32. The number of hydrogen-bond acceptors (Lipinski definition) is 3. The molecule has 1 aromatic heterocycles. The van der Waals surface area contributed by atoms with E-state index in [2.05, 4.69) is 52.3 Å². The van der Waals surface area contributed by atoms with Crippen LogP contribution in [-0.2, 0) is 13.0 Å². The number of halogens is 1. The Bertz CT molecular complexity index is 876. The Morgan fingerprint density at radius 3 is 2.88 bits per heavy atom. The van der Waals surface area contributed by atoms with Crippen LogP contribution in [-0.4, -0.2) is 11.5 Å². The minimum atomic E-state index is 0. The molecule has 2 N–H and O–H groups in total. The van der Waals surface area contributed by atoms with Crippen LogP contribution in [0.15, 0.2) is 48.5 Å². The Balaban J connectivity index is 0.00000169. The Morgan fingerprint density at radius 1 is 1.12 bits per heavy atom. The molecule has 1 aliphatic heterocycles. The number of rotatable bonds is 2. The number of aromatic nitrogens is 1. The van der Waals surface area contributed by atoms with Crippen molar-refractivity contribution in [3.05, 3.63) is 65.4 Å². The van der Waals surface area contributed by atoms with E-state index in [4.69, 9.17) is 5.73 Å². The summed E-state index contributed by atoms with van der Waals surface area (Å²) >= 11 is 0. The lowest BCUT2D eigenvalue weighted by molar-refractivity contribution is 0.693. The highest BCUT2D eigenvalue weighted by atomic mass is 35.5. The second-order valence-electron chi connectivity index (χ2n) is 6.35. The number of nitrogen functional groups attached to an aromatic ring is 1. The van der Waals surface area contributed by atoms with E-state index in [0.29, 0.717) is 0 Å². The van der Waals surface area contributed by atoms with Crippen molar-refractivity contribution in [3.8, 4) is 0 Å². The SMILES string of the molecule is Cc1ccc2cc(CN3CCCc4c(N)cccc43)ccc2n1.Cl. The van der Waals surface area contributed by atoms with Gasteiger partial charge >= 0.3 is 0 Å². The Hall–Kier alpha value is -2.26. The fourth-order valence-electron chi connectivity index (χ4n) is 3.49. The molecule has 1 aliphatic rings. The zero-order valence-electron chi connectivity index (χ0n) is 13.8. The average molecular weight is 340 g/mol. The highest BCUT2D eigenvalue weighted by Gasteiger charge is 2.18. The number of fused-ring (bicyclic) bond motifs is 2. The summed E-state index contributed by atoms with van der Waals surface area (Å²) in [6, 6.07) is 17.1. The van der Waals surface area contributed by atoms with Gasteiger partial charge in [-0.15, -0.1) is 12.4 Å². The van der Waals surface area contributed by atoms with Gasteiger partial charge in [-0.2, -0.15) is 0 Å². The van der Waals surface area contributed by atoms with Crippen LogP contribution in [0.3, 0.4) is 0 Å². The van der Waals surface area contributed by atoms with Crippen LogP contribution < -0.4 is 10.6 Å². The molecule has 0 spiro atoms. The zero-order chi connectivity index (χ0) is 15.8. The molecular weight excluding hydrogens is 318 g/mol. The van der Waals surface area contributed by atoms with Crippen molar-refractivity contribution in [2.75, 3.05) is 17.2 Å². The summed E-state index contributed by atoms with van der Waals surface area (Å²) in [6.45, 7) is 4.03. The molecule has 0 saturated carbocycles. The van der Waals surface area contributed by atoms with Crippen LogP contribution in [0.25, 0.3) is 10.9 Å². The second-order valence-corrected chi connectivity index (χ2v) is 6.35. The minimum Gasteiger partial charge on any atom is -0.398 e. The largest absolute Gasteiger partial charge is 0.398 e. The molecule has 0 radical (unpaired) electrons. The van der Waals surface area contributed by atoms with E-state index in [0.717, 1.165) is 42.8 Å². The van der Waals surface area contributed by atoms with Gasteiger partial charge in [-0.3, -0.25) is 4.98 Å². The maximum absolute atomic E-state index is 6.15. The summed E-state index contributed by atoms with van der Waals surface area (Å²) < 4.78 is 0. The van der Waals surface area contributed by atoms with E-state index in [1.165, 1.54) is 22.2 Å². The van der Waals surface area contributed by atoms with Gasteiger partial charge in [0.1, 0.15) is 0 Å². The molecule has 2 heterocycles. The van der Waals surface area contributed by atoms with E-state index < -0.39 is 0 Å². The summed E-state index contributed by atoms with van der Waals surface area (Å²) in [5.74, 6) is 0. The predicted octanol–water partition coefficient (Wildman–Crippen LogP) is 4.50.